The van der Waals surface area contributed by atoms with Gasteiger partial charge in [-0.25, -0.2) is 0 Å². The Morgan fingerprint density at radius 3 is 2.06 bits per heavy atom. The minimum atomic E-state index is -0.361. The van der Waals surface area contributed by atoms with Crippen molar-refractivity contribution >= 4 is 5.97 Å². The minimum Gasteiger partial charge on any atom is -0.460 e. The van der Waals surface area contributed by atoms with E-state index in [-0.39, 0.29) is 17.1 Å². The Labute approximate surface area is 110 Å². The topological polar surface area (TPSA) is 52.3 Å². The van der Waals surface area contributed by atoms with Gasteiger partial charge in [0.1, 0.15) is 5.60 Å². The molecule has 2 bridgehead atoms. The molecule has 104 valence electrons. The van der Waals surface area contributed by atoms with Gasteiger partial charge in [-0.15, -0.1) is 0 Å². The Bertz CT molecular complexity index is 305. The van der Waals surface area contributed by atoms with Gasteiger partial charge in [0, 0.05) is 12.0 Å². The molecule has 0 radical (unpaired) electrons. The Balaban J connectivity index is 1.82. The lowest BCUT2D eigenvalue weighted by molar-refractivity contribution is -0.156. The summed E-state index contributed by atoms with van der Waals surface area (Å²) in [5.74, 6) is -0.0490. The van der Waals surface area contributed by atoms with E-state index in [0.717, 1.165) is 25.7 Å². The summed E-state index contributed by atoms with van der Waals surface area (Å²) in [7, 11) is 0. The summed E-state index contributed by atoms with van der Waals surface area (Å²) in [5, 5.41) is 0. The van der Waals surface area contributed by atoms with Crippen molar-refractivity contribution in [2.24, 2.45) is 11.1 Å². The van der Waals surface area contributed by atoms with E-state index >= 15 is 0 Å². The minimum absolute atomic E-state index is 0.0490. The standard InChI is InChI=1S/C15H27NO2/c1-13(2,3)18-12(17)4-5-14-6-9-15(16,10-7-14)11-8-14/h4-11,16H2,1-3H3. The Morgan fingerprint density at radius 1 is 1.11 bits per heavy atom. The zero-order valence-corrected chi connectivity index (χ0v) is 12.1. The number of esters is 1. The van der Waals surface area contributed by atoms with E-state index in [1.807, 2.05) is 20.8 Å². The maximum absolute atomic E-state index is 11.8. The summed E-state index contributed by atoms with van der Waals surface area (Å²) in [6, 6.07) is 0. The summed E-state index contributed by atoms with van der Waals surface area (Å²) in [4.78, 5) is 11.8. The molecule has 18 heavy (non-hydrogen) atoms. The van der Waals surface area contributed by atoms with Crippen LogP contribution in [0.25, 0.3) is 0 Å². The number of rotatable bonds is 3. The van der Waals surface area contributed by atoms with Crippen LogP contribution in [0.2, 0.25) is 0 Å². The first-order valence-electron chi connectivity index (χ1n) is 7.23. The highest BCUT2D eigenvalue weighted by Gasteiger charge is 2.46. The molecule has 3 saturated carbocycles. The van der Waals surface area contributed by atoms with E-state index in [0.29, 0.717) is 11.8 Å². The number of hydrogen-bond donors (Lipinski definition) is 1. The first-order chi connectivity index (χ1) is 8.22. The van der Waals surface area contributed by atoms with Crippen LogP contribution in [-0.2, 0) is 9.53 Å². The highest BCUT2D eigenvalue weighted by Crippen LogP contribution is 2.53. The fourth-order valence-corrected chi connectivity index (χ4v) is 3.43. The van der Waals surface area contributed by atoms with Crippen molar-refractivity contribution in [1.82, 2.24) is 0 Å². The van der Waals surface area contributed by atoms with Crippen LogP contribution in [0.3, 0.4) is 0 Å². The highest BCUT2D eigenvalue weighted by atomic mass is 16.6. The van der Waals surface area contributed by atoms with Crippen molar-refractivity contribution in [3.8, 4) is 0 Å². The van der Waals surface area contributed by atoms with Crippen LogP contribution in [0.4, 0.5) is 0 Å². The predicted molar refractivity (Wildman–Crippen MR) is 72.1 cm³/mol. The zero-order valence-electron chi connectivity index (χ0n) is 12.1. The van der Waals surface area contributed by atoms with Gasteiger partial charge in [0.05, 0.1) is 0 Å². The summed E-state index contributed by atoms with van der Waals surface area (Å²) in [6.45, 7) is 5.77. The second kappa shape index (κ2) is 4.52. The molecule has 0 unspecified atom stereocenters. The molecule has 3 aliphatic rings. The van der Waals surface area contributed by atoms with E-state index in [4.69, 9.17) is 10.5 Å². The van der Waals surface area contributed by atoms with Crippen molar-refractivity contribution in [1.29, 1.82) is 0 Å². The van der Waals surface area contributed by atoms with Gasteiger partial charge in [-0.2, -0.15) is 0 Å². The van der Waals surface area contributed by atoms with Crippen LogP contribution in [0.5, 0.6) is 0 Å². The third-order valence-electron chi connectivity index (χ3n) is 4.74. The average Bonchev–Trinajstić information content (AvgIpc) is 2.26. The molecule has 0 aromatic heterocycles. The number of carbonyl (C=O) groups excluding carboxylic acids is 1. The third kappa shape index (κ3) is 3.25. The van der Waals surface area contributed by atoms with E-state index in [1.165, 1.54) is 19.3 Å². The fraction of sp³-hybridized carbons (Fsp3) is 0.933. The third-order valence-corrected chi connectivity index (χ3v) is 4.74. The number of nitrogens with two attached hydrogens (primary N) is 1. The van der Waals surface area contributed by atoms with E-state index in [9.17, 15) is 4.79 Å². The molecule has 3 heteroatoms. The highest BCUT2D eigenvalue weighted by molar-refractivity contribution is 5.69. The van der Waals surface area contributed by atoms with Crippen LogP contribution in [-0.4, -0.2) is 17.1 Å². The van der Waals surface area contributed by atoms with Crippen molar-refractivity contribution in [2.75, 3.05) is 0 Å². The first-order valence-corrected chi connectivity index (χ1v) is 7.23. The van der Waals surface area contributed by atoms with E-state index in [2.05, 4.69) is 0 Å². The number of hydrogen-bond acceptors (Lipinski definition) is 3. The molecule has 0 aromatic carbocycles. The van der Waals surface area contributed by atoms with Crippen molar-refractivity contribution in [3.63, 3.8) is 0 Å². The molecular formula is C15H27NO2. The molecule has 3 fully saturated rings. The molecule has 0 aliphatic heterocycles. The fourth-order valence-electron chi connectivity index (χ4n) is 3.43. The lowest BCUT2D eigenvalue weighted by Crippen LogP contribution is -2.51. The van der Waals surface area contributed by atoms with Crippen LogP contribution in [0.15, 0.2) is 0 Å². The average molecular weight is 253 g/mol. The zero-order chi connectivity index (χ0) is 13.4. The van der Waals surface area contributed by atoms with Crippen molar-refractivity contribution < 1.29 is 9.53 Å². The monoisotopic (exact) mass is 253 g/mol. The van der Waals surface area contributed by atoms with Crippen LogP contribution >= 0.6 is 0 Å². The van der Waals surface area contributed by atoms with Crippen LogP contribution in [0.1, 0.15) is 72.1 Å². The summed E-state index contributed by atoms with van der Waals surface area (Å²) in [6.07, 6.45) is 8.57. The summed E-state index contributed by atoms with van der Waals surface area (Å²) in [5.41, 5.74) is 6.45. The molecule has 3 aliphatic carbocycles. The van der Waals surface area contributed by atoms with Gasteiger partial charge in [-0.05, 0) is 71.1 Å². The molecule has 3 rings (SSSR count). The van der Waals surface area contributed by atoms with Gasteiger partial charge >= 0.3 is 5.97 Å². The molecule has 0 atom stereocenters. The normalized spacial score (nSPS) is 35.6. The quantitative estimate of drug-likeness (QED) is 0.786. The van der Waals surface area contributed by atoms with E-state index in [1.54, 1.807) is 0 Å². The Kier molecular flexibility index (Phi) is 3.48. The Hall–Kier alpha value is -0.570. The van der Waals surface area contributed by atoms with Gasteiger partial charge in [-0.3, -0.25) is 4.79 Å². The second-order valence-corrected chi connectivity index (χ2v) is 7.45. The lowest BCUT2D eigenvalue weighted by atomic mass is 9.56. The molecule has 0 spiro atoms. The molecule has 0 saturated heterocycles. The molecule has 2 N–H and O–H groups in total. The van der Waals surface area contributed by atoms with Crippen LogP contribution in [0, 0.1) is 5.41 Å². The van der Waals surface area contributed by atoms with Crippen LogP contribution < -0.4 is 5.73 Å². The van der Waals surface area contributed by atoms with Gasteiger partial charge in [0.2, 0.25) is 0 Å². The maximum Gasteiger partial charge on any atom is 0.306 e. The smallest absolute Gasteiger partial charge is 0.306 e. The SMILES string of the molecule is CC(C)(C)OC(=O)CCC12CCC(N)(CC1)CC2. The molecule has 0 heterocycles. The van der Waals surface area contributed by atoms with Gasteiger partial charge in [0.15, 0.2) is 0 Å². The lowest BCUT2D eigenvalue weighted by Gasteiger charge is -2.52. The van der Waals surface area contributed by atoms with Gasteiger partial charge in [0.25, 0.3) is 0 Å². The predicted octanol–water partition coefficient (Wildman–Crippen LogP) is 3.16. The van der Waals surface area contributed by atoms with E-state index < -0.39 is 0 Å². The summed E-state index contributed by atoms with van der Waals surface area (Å²) < 4.78 is 5.39. The van der Waals surface area contributed by atoms with Crippen molar-refractivity contribution in [3.05, 3.63) is 0 Å². The Morgan fingerprint density at radius 2 is 1.61 bits per heavy atom. The number of carbonyl (C=O) groups is 1. The second-order valence-electron chi connectivity index (χ2n) is 7.45. The summed E-state index contributed by atoms with van der Waals surface area (Å²) >= 11 is 0. The largest absolute Gasteiger partial charge is 0.460 e. The number of fused-ring (bicyclic) bond motifs is 3. The molecule has 0 aromatic rings. The maximum atomic E-state index is 11.8. The van der Waals surface area contributed by atoms with Crippen molar-refractivity contribution in [2.45, 2.75) is 83.3 Å². The van der Waals surface area contributed by atoms with Gasteiger partial charge < -0.3 is 10.5 Å². The molecular weight excluding hydrogens is 226 g/mol. The molecule has 0 amide bonds. The number of ether oxygens (including phenoxy) is 1. The first kappa shape index (κ1) is 13.9. The molecule has 3 nitrogen and oxygen atoms in total. The van der Waals surface area contributed by atoms with Gasteiger partial charge in [-0.1, -0.05) is 0 Å².